The van der Waals surface area contributed by atoms with E-state index in [0.29, 0.717) is 12.0 Å². The van der Waals surface area contributed by atoms with Crippen LogP contribution in [-0.4, -0.2) is 24.0 Å². The Kier molecular flexibility index (Phi) is 3.83. The van der Waals surface area contributed by atoms with Gasteiger partial charge in [-0.05, 0) is 53.9 Å². The summed E-state index contributed by atoms with van der Waals surface area (Å²) in [6.45, 7) is 5.37. The van der Waals surface area contributed by atoms with E-state index in [1.807, 2.05) is 11.3 Å². The van der Waals surface area contributed by atoms with Crippen LogP contribution in [0.15, 0.2) is 15.9 Å². The first kappa shape index (κ1) is 11.6. The maximum absolute atomic E-state index is 5.72. The molecular weight excluding hydrogens is 272 g/mol. The summed E-state index contributed by atoms with van der Waals surface area (Å²) < 4.78 is 1.22. The van der Waals surface area contributed by atoms with Crippen LogP contribution in [0.1, 0.15) is 18.2 Å². The number of nitrogens with two attached hydrogens (primary N) is 1. The van der Waals surface area contributed by atoms with Crippen LogP contribution in [0.4, 0.5) is 0 Å². The molecule has 0 aliphatic carbocycles. The van der Waals surface area contributed by atoms with E-state index in [1.54, 1.807) is 0 Å². The Balaban J connectivity index is 1.95. The Morgan fingerprint density at radius 2 is 2.40 bits per heavy atom. The third-order valence-electron chi connectivity index (χ3n) is 3.11. The molecule has 1 aromatic heterocycles. The van der Waals surface area contributed by atoms with Crippen molar-refractivity contribution in [3.8, 4) is 0 Å². The van der Waals surface area contributed by atoms with Crippen LogP contribution in [0.25, 0.3) is 0 Å². The molecule has 0 amide bonds. The monoisotopic (exact) mass is 288 g/mol. The lowest BCUT2D eigenvalue weighted by molar-refractivity contribution is 0.258. The summed E-state index contributed by atoms with van der Waals surface area (Å²) >= 11 is 5.33. The number of hydrogen-bond donors (Lipinski definition) is 1. The topological polar surface area (TPSA) is 29.3 Å². The van der Waals surface area contributed by atoms with Crippen molar-refractivity contribution in [2.45, 2.75) is 25.9 Å². The number of likely N-dealkylation sites (tertiary alicyclic amines) is 1. The van der Waals surface area contributed by atoms with Gasteiger partial charge in [-0.15, -0.1) is 11.3 Å². The molecule has 0 spiro atoms. The van der Waals surface area contributed by atoms with Gasteiger partial charge in [-0.25, -0.2) is 0 Å². The first-order valence-electron chi connectivity index (χ1n) is 5.37. The zero-order valence-electron chi connectivity index (χ0n) is 8.95. The van der Waals surface area contributed by atoms with Gasteiger partial charge in [0.2, 0.25) is 0 Å². The number of halogens is 1. The molecule has 0 radical (unpaired) electrons. The van der Waals surface area contributed by atoms with Gasteiger partial charge in [0.1, 0.15) is 0 Å². The van der Waals surface area contributed by atoms with E-state index in [1.165, 1.54) is 15.1 Å². The van der Waals surface area contributed by atoms with Gasteiger partial charge in [-0.1, -0.05) is 0 Å². The first-order valence-corrected chi connectivity index (χ1v) is 6.98. The molecule has 2 N–H and O–H groups in total. The zero-order valence-corrected chi connectivity index (χ0v) is 11.4. The number of thiophene rings is 1. The third-order valence-corrected chi connectivity index (χ3v) is 4.72. The van der Waals surface area contributed by atoms with Crippen molar-refractivity contribution in [2.24, 2.45) is 11.7 Å². The van der Waals surface area contributed by atoms with Crippen LogP contribution in [0.2, 0.25) is 0 Å². The summed E-state index contributed by atoms with van der Waals surface area (Å²) in [5.41, 5.74) is 5.72. The van der Waals surface area contributed by atoms with Gasteiger partial charge < -0.3 is 5.73 Å². The van der Waals surface area contributed by atoms with E-state index in [-0.39, 0.29) is 0 Å². The SMILES string of the molecule is CC1CC(CN)CN1Cc1ccc(Br)s1. The Morgan fingerprint density at radius 1 is 1.60 bits per heavy atom. The molecule has 4 heteroatoms. The summed E-state index contributed by atoms with van der Waals surface area (Å²) in [6, 6.07) is 5.01. The lowest BCUT2D eigenvalue weighted by Gasteiger charge is -2.19. The number of nitrogens with zero attached hydrogens (tertiary/aromatic N) is 1. The van der Waals surface area contributed by atoms with E-state index < -0.39 is 0 Å². The molecule has 1 saturated heterocycles. The minimum Gasteiger partial charge on any atom is -0.330 e. The highest BCUT2D eigenvalue weighted by Crippen LogP contribution is 2.28. The molecule has 1 aliphatic heterocycles. The Morgan fingerprint density at radius 3 is 2.93 bits per heavy atom. The van der Waals surface area contributed by atoms with Gasteiger partial charge in [0.15, 0.2) is 0 Å². The van der Waals surface area contributed by atoms with Gasteiger partial charge in [0, 0.05) is 24.0 Å². The fraction of sp³-hybridized carbons (Fsp3) is 0.636. The van der Waals surface area contributed by atoms with Crippen molar-refractivity contribution >= 4 is 27.3 Å². The molecule has 0 bridgehead atoms. The van der Waals surface area contributed by atoms with Gasteiger partial charge in [-0.2, -0.15) is 0 Å². The average molecular weight is 289 g/mol. The molecule has 0 aromatic carbocycles. The normalized spacial score (nSPS) is 27.4. The number of hydrogen-bond acceptors (Lipinski definition) is 3. The predicted molar refractivity (Wildman–Crippen MR) is 69.1 cm³/mol. The molecule has 84 valence electrons. The fourth-order valence-corrected chi connectivity index (χ4v) is 3.75. The molecule has 2 unspecified atom stereocenters. The first-order chi connectivity index (χ1) is 7.19. The lowest BCUT2D eigenvalue weighted by atomic mass is 10.1. The van der Waals surface area contributed by atoms with Gasteiger partial charge in [0.25, 0.3) is 0 Å². The standard InChI is InChI=1S/C11H17BrN2S/c1-8-4-9(5-13)6-14(8)7-10-2-3-11(12)15-10/h2-3,8-9H,4-7,13H2,1H3. The number of rotatable bonds is 3. The van der Waals surface area contributed by atoms with Crippen LogP contribution in [0, 0.1) is 5.92 Å². The van der Waals surface area contributed by atoms with Crippen LogP contribution >= 0.6 is 27.3 Å². The van der Waals surface area contributed by atoms with Crippen molar-refractivity contribution in [1.29, 1.82) is 0 Å². The molecule has 15 heavy (non-hydrogen) atoms. The van der Waals surface area contributed by atoms with Crippen molar-refractivity contribution in [2.75, 3.05) is 13.1 Å². The summed E-state index contributed by atoms with van der Waals surface area (Å²) in [6.07, 6.45) is 1.25. The van der Waals surface area contributed by atoms with Crippen molar-refractivity contribution in [3.05, 3.63) is 20.8 Å². The minimum absolute atomic E-state index is 0.680. The van der Waals surface area contributed by atoms with E-state index in [9.17, 15) is 0 Å². The Labute approximate surface area is 104 Å². The summed E-state index contributed by atoms with van der Waals surface area (Å²) in [4.78, 5) is 3.97. The lowest BCUT2D eigenvalue weighted by Crippen LogP contribution is -2.26. The Hall–Kier alpha value is 0.1000. The average Bonchev–Trinajstić information content (AvgIpc) is 2.75. The maximum Gasteiger partial charge on any atom is 0.0701 e. The van der Waals surface area contributed by atoms with Crippen LogP contribution < -0.4 is 5.73 Å². The second-order valence-electron chi connectivity index (χ2n) is 4.32. The van der Waals surface area contributed by atoms with Gasteiger partial charge >= 0.3 is 0 Å². The van der Waals surface area contributed by atoms with E-state index in [4.69, 9.17) is 5.73 Å². The highest BCUT2D eigenvalue weighted by molar-refractivity contribution is 9.11. The minimum atomic E-state index is 0.680. The molecule has 1 aromatic rings. The van der Waals surface area contributed by atoms with Crippen LogP contribution in [0.5, 0.6) is 0 Å². The smallest absolute Gasteiger partial charge is 0.0701 e. The third kappa shape index (κ3) is 2.81. The van der Waals surface area contributed by atoms with Gasteiger partial charge in [-0.3, -0.25) is 4.90 Å². The van der Waals surface area contributed by atoms with Crippen molar-refractivity contribution < 1.29 is 0 Å². The summed E-state index contributed by atoms with van der Waals surface area (Å²) in [5, 5.41) is 0. The van der Waals surface area contributed by atoms with E-state index in [2.05, 4.69) is 39.9 Å². The zero-order chi connectivity index (χ0) is 10.8. The molecule has 2 heterocycles. The van der Waals surface area contributed by atoms with Gasteiger partial charge in [0.05, 0.1) is 3.79 Å². The maximum atomic E-state index is 5.72. The van der Waals surface area contributed by atoms with Crippen molar-refractivity contribution in [3.63, 3.8) is 0 Å². The van der Waals surface area contributed by atoms with E-state index in [0.717, 1.165) is 19.6 Å². The molecular formula is C11H17BrN2S. The highest BCUT2D eigenvalue weighted by Gasteiger charge is 2.27. The predicted octanol–water partition coefficient (Wildman–Crippen LogP) is 2.68. The van der Waals surface area contributed by atoms with Crippen LogP contribution in [0.3, 0.4) is 0 Å². The second kappa shape index (κ2) is 4.95. The quantitative estimate of drug-likeness (QED) is 0.927. The molecule has 1 aliphatic rings. The molecule has 0 saturated carbocycles. The molecule has 1 fully saturated rings. The summed E-state index contributed by atoms with van der Waals surface area (Å²) in [7, 11) is 0. The van der Waals surface area contributed by atoms with Crippen LogP contribution in [-0.2, 0) is 6.54 Å². The van der Waals surface area contributed by atoms with Crippen molar-refractivity contribution in [1.82, 2.24) is 4.90 Å². The molecule has 2 nitrogen and oxygen atoms in total. The molecule has 2 atom stereocenters. The fourth-order valence-electron chi connectivity index (χ4n) is 2.25. The summed E-state index contributed by atoms with van der Waals surface area (Å²) in [5.74, 6) is 0.698. The molecule has 2 rings (SSSR count). The largest absolute Gasteiger partial charge is 0.330 e. The highest BCUT2D eigenvalue weighted by atomic mass is 79.9. The van der Waals surface area contributed by atoms with E-state index >= 15 is 0 Å². The second-order valence-corrected chi connectivity index (χ2v) is 6.87. The Bertz CT molecular complexity index is 326.